The van der Waals surface area contributed by atoms with Gasteiger partial charge in [-0.25, -0.2) is 23.1 Å². The van der Waals surface area contributed by atoms with E-state index in [0.29, 0.717) is 16.9 Å². The van der Waals surface area contributed by atoms with E-state index in [0.717, 1.165) is 11.3 Å². The molecular weight excluding hydrogens is 380 g/mol. The molecule has 1 aromatic heterocycles. The minimum atomic E-state index is -4.94. The van der Waals surface area contributed by atoms with Crippen LogP contribution in [0.15, 0.2) is 63.8 Å². The number of fused-ring (bicyclic) bond motifs is 1. The molecule has 0 bridgehead atoms. The number of ether oxygens (including phenoxy) is 2. The predicted octanol–water partition coefficient (Wildman–Crippen LogP) is -0.998. The van der Waals surface area contributed by atoms with Gasteiger partial charge in [0.05, 0.1) is 25.8 Å². The number of halogens is 1. The van der Waals surface area contributed by atoms with Crippen molar-refractivity contribution in [2.45, 2.75) is 0 Å². The molecule has 0 aliphatic heterocycles. The Bertz CT molecular complexity index is 961. The second-order valence-electron chi connectivity index (χ2n) is 5.11. The first-order valence-electron chi connectivity index (χ1n) is 7.43. The Morgan fingerprint density at radius 2 is 1.48 bits per heavy atom. The minimum absolute atomic E-state index is 0.186. The van der Waals surface area contributed by atoms with Crippen LogP contribution in [0.1, 0.15) is 0 Å². The molecule has 0 aliphatic carbocycles. The largest absolute Gasteiger partial charge is 0.497 e. The molecule has 3 aromatic rings. The molecule has 0 saturated heterocycles. The van der Waals surface area contributed by atoms with Gasteiger partial charge in [-0.05, 0) is 36.4 Å². The fraction of sp³-hybridized carbons (Fsp3) is 0.111. The first kappa shape index (κ1) is 20.6. The topological polar surface area (TPSA) is 139 Å². The Kier molecular flexibility index (Phi) is 6.67. The average Bonchev–Trinajstić information content (AvgIpc) is 2.81. The molecule has 0 amide bonds. The van der Waals surface area contributed by atoms with Crippen LogP contribution in [0, 0.1) is 10.2 Å². The lowest BCUT2D eigenvalue weighted by Gasteiger charge is -2.17. The van der Waals surface area contributed by atoms with Crippen LogP contribution in [0.25, 0.3) is 22.3 Å². The minimum Gasteiger partial charge on any atom is -0.497 e. The lowest BCUT2D eigenvalue weighted by molar-refractivity contribution is -2.00. The van der Waals surface area contributed by atoms with Gasteiger partial charge in [0.25, 0.3) is 5.43 Å². The van der Waals surface area contributed by atoms with E-state index in [1.165, 1.54) is 6.07 Å². The molecule has 3 rings (SSSR count). The summed E-state index contributed by atoms with van der Waals surface area (Å²) < 4.78 is 50.3. The van der Waals surface area contributed by atoms with Crippen molar-refractivity contribution < 1.29 is 42.8 Å². The van der Waals surface area contributed by atoms with Gasteiger partial charge in [-0.3, -0.25) is 4.79 Å². The Morgan fingerprint density at radius 3 is 2.04 bits per heavy atom. The highest BCUT2D eigenvalue weighted by Gasteiger charge is 2.21. The Morgan fingerprint density at radius 1 is 0.889 bits per heavy atom. The molecule has 2 aromatic carbocycles. The molecule has 0 aliphatic rings. The normalized spacial score (nSPS) is 10.7. The van der Waals surface area contributed by atoms with E-state index in [-0.39, 0.29) is 11.0 Å². The van der Waals surface area contributed by atoms with Crippen molar-refractivity contribution in [3.05, 3.63) is 64.8 Å². The maximum Gasteiger partial charge on any atom is 0.411 e. The molecule has 0 spiro atoms. The summed E-state index contributed by atoms with van der Waals surface area (Å²) in [7, 11) is -1.76. The van der Waals surface area contributed by atoms with Crippen molar-refractivity contribution in [2.75, 3.05) is 14.2 Å². The van der Waals surface area contributed by atoms with Crippen molar-refractivity contribution in [3.8, 4) is 22.8 Å². The highest BCUT2D eigenvalue weighted by molar-refractivity contribution is 5.85. The number of hydrogen-bond acceptors (Lipinski definition) is 7. The zero-order valence-electron chi connectivity index (χ0n) is 14.3. The monoisotopic (exact) mass is 394 g/mol. The van der Waals surface area contributed by atoms with Gasteiger partial charge in [0.1, 0.15) is 16.9 Å². The average molecular weight is 395 g/mol. The third-order valence-corrected chi connectivity index (χ3v) is 3.42. The van der Waals surface area contributed by atoms with Gasteiger partial charge in [-0.2, -0.15) is 0 Å². The highest BCUT2D eigenvalue weighted by atomic mass is 35.7. The first-order valence-corrected chi connectivity index (χ1v) is 8.66. The van der Waals surface area contributed by atoms with Crippen LogP contribution in [-0.4, -0.2) is 14.2 Å². The van der Waals surface area contributed by atoms with Crippen LogP contribution in [0.2, 0.25) is 0 Å². The highest BCUT2D eigenvalue weighted by Crippen LogP contribution is 2.31. The second-order valence-corrected chi connectivity index (χ2v) is 5.87. The van der Waals surface area contributed by atoms with Crippen molar-refractivity contribution in [1.29, 1.82) is 0 Å². The molecule has 1 heterocycles. The summed E-state index contributed by atoms with van der Waals surface area (Å²) in [4.78, 5) is 12.2. The summed E-state index contributed by atoms with van der Waals surface area (Å²) in [6.45, 7) is 0. The number of methoxy groups -OCH3 is 2. The van der Waals surface area contributed by atoms with E-state index in [1.54, 1.807) is 38.5 Å². The zero-order valence-corrected chi connectivity index (χ0v) is 15.1. The summed E-state index contributed by atoms with van der Waals surface area (Å²) in [6.07, 6.45) is 0. The van der Waals surface area contributed by atoms with Gasteiger partial charge in [0.15, 0.2) is 0 Å². The molecule has 8 nitrogen and oxygen atoms in total. The maximum atomic E-state index is 12.2. The summed E-state index contributed by atoms with van der Waals surface area (Å²) in [5.74, 6) is 1.92. The van der Waals surface area contributed by atoms with Gasteiger partial charge in [0, 0.05) is 0 Å². The molecule has 142 valence electrons. The molecule has 27 heavy (non-hydrogen) atoms. The summed E-state index contributed by atoms with van der Waals surface area (Å²) in [6, 6.07) is 15.9. The first-order chi connectivity index (χ1) is 12.7. The molecule has 0 atom stereocenters. The number of benzene rings is 1. The Labute approximate surface area is 156 Å². The van der Waals surface area contributed by atoms with E-state index < -0.39 is 10.2 Å². The fourth-order valence-corrected chi connectivity index (χ4v) is 2.28. The van der Waals surface area contributed by atoms with Gasteiger partial charge < -0.3 is 9.47 Å². The third-order valence-electron chi connectivity index (χ3n) is 3.42. The molecule has 0 fully saturated rings. The lowest BCUT2D eigenvalue weighted by Crippen LogP contribution is -2.68. The molecule has 0 N–H and O–H groups in total. The van der Waals surface area contributed by atoms with Crippen LogP contribution in [-0.2, 0) is 0 Å². The number of hydrogen-bond donors (Lipinski definition) is 0. The van der Waals surface area contributed by atoms with Gasteiger partial charge >= 0.3 is 11.3 Å². The lowest BCUT2D eigenvalue weighted by atomic mass is 10.1. The van der Waals surface area contributed by atoms with Crippen molar-refractivity contribution in [3.63, 3.8) is 0 Å². The predicted molar refractivity (Wildman–Crippen MR) is 85.4 cm³/mol. The molecular formula is C18H15ClO8. The maximum absolute atomic E-state index is 12.2. The molecule has 0 radical (unpaired) electrons. The quantitative estimate of drug-likeness (QED) is 0.515. The third kappa shape index (κ3) is 5.88. The van der Waals surface area contributed by atoms with Crippen molar-refractivity contribution in [1.82, 2.24) is 0 Å². The second kappa shape index (κ2) is 8.76. The SMILES string of the molecule is COc1ccc(-c2cc(OC)c3ccccc(=O)c3[o+]2)cc1.[O-][Cl+3]([O-])([O-])[O-]. The van der Waals surface area contributed by atoms with E-state index in [1.807, 2.05) is 24.3 Å². The van der Waals surface area contributed by atoms with E-state index in [9.17, 15) is 4.79 Å². The van der Waals surface area contributed by atoms with Crippen LogP contribution in [0.5, 0.6) is 11.5 Å². The fourth-order valence-electron chi connectivity index (χ4n) is 2.28. The Balaban J connectivity index is 0.000000465. The number of rotatable bonds is 3. The van der Waals surface area contributed by atoms with Crippen molar-refractivity contribution >= 4 is 11.0 Å². The standard InChI is InChI=1S/C18H15O4.ClHO4/c1-20-13-9-7-12(8-10-13)16-11-17(21-2)14-5-3-4-6-15(19)18(14)22-16;2-1(3,4)5/h3-11H,1-2H3;(H,2,3,4,5)/q+1;/p-1. The van der Waals surface area contributed by atoms with Crippen LogP contribution in [0.3, 0.4) is 0 Å². The van der Waals surface area contributed by atoms with E-state index in [4.69, 9.17) is 32.5 Å². The summed E-state index contributed by atoms with van der Waals surface area (Å²) in [5, 5.41) is 0.648. The van der Waals surface area contributed by atoms with Crippen LogP contribution < -0.4 is 33.5 Å². The molecule has 0 saturated carbocycles. The van der Waals surface area contributed by atoms with Crippen LogP contribution in [0.4, 0.5) is 0 Å². The van der Waals surface area contributed by atoms with E-state index in [2.05, 4.69) is 0 Å². The van der Waals surface area contributed by atoms with Gasteiger partial charge in [0.2, 0.25) is 0 Å². The Hall–Kier alpha value is -2.75. The van der Waals surface area contributed by atoms with Gasteiger partial charge in [-0.15, -0.1) is 10.2 Å². The zero-order chi connectivity index (χ0) is 20.0. The smallest absolute Gasteiger partial charge is 0.411 e. The summed E-state index contributed by atoms with van der Waals surface area (Å²) in [5.41, 5.74) is 0.927. The summed E-state index contributed by atoms with van der Waals surface area (Å²) >= 11 is 0. The van der Waals surface area contributed by atoms with Crippen LogP contribution >= 0.6 is 0 Å². The van der Waals surface area contributed by atoms with Crippen molar-refractivity contribution in [2.24, 2.45) is 0 Å². The van der Waals surface area contributed by atoms with E-state index >= 15 is 0 Å². The molecule has 9 heteroatoms. The molecule has 0 unspecified atom stereocenters. The van der Waals surface area contributed by atoms with Gasteiger partial charge in [-0.1, -0.05) is 12.1 Å².